The number of fused-ring (bicyclic) bond motifs is 1. The molecule has 1 aliphatic carbocycles. The summed E-state index contributed by atoms with van der Waals surface area (Å²) in [5, 5.41) is 10.1. The molecule has 3 aromatic rings. The summed E-state index contributed by atoms with van der Waals surface area (Å²) >= 11 is 1.59. The summed E-state index contributed by atoms with van der Waals surface area (Å²) in [5.74, 6) is 6.13. The zero-order chi connectivity index (χ0) is 21.3. The third-order valence-corrected chi connectivity index (χ3v) is 6.91. The Morgan fingerprint density at radius 3 is 2.67 bits per heavy atom. The van der Waals surface area contributed by atoms with Crippen LogP contribution in [0.25, 0.3) is 10.4 Å². The van der Waals surface area contributed by atoms with Crippen LogP contribution in [0.2, 0.25) is 0 Å². The van der Waals surface area contributed by atoms with Crippen LogP contribution in [0.5, 0.6) is 11.5 Å². The van der Waals surface area contributed by atoms with E-state index >= 15 is 0 Å². The SMILES string of the molecule is CC1(C)CCc2sc(-c3cc(Oc4ccccc4)ccc3CNN)c(C(=O)O)c2C1. The fraction of sp³-hybridized carbons (Fsp3) is 0.292. The van der Waals surface area contributed by atoms with E-state index in [1.807, 2.05) is 48.5 Å². The first-order valence-electron chi connectivity index (χ1n) is 10.1. The Balaban J connectivity index is 1.83. The van der Waals surface area contributed by atoms with Crippen LogP contribution in [0.3, 0.4) is 0 Å². The summed E-state index contributed by atoms with van der Waals surface area (Å²) in [6.45, 7) is 4.85. The smallest absolute Gasteiger partial charge is 0.337 e. The van der Waals surface area contributed by atoms with Crippen molar-refractivity contribution in [3.05, 3.63) is 70.1 Å². The first-order chi connectivity index (χ1) is 14.4. The van der Waals surface area contributed by atoms with Gasteiger partial charge in [-0.3, -0.25) is 11.3 Å². The Morgan fingerprint density at radius 2 is 1.97 bits per heavy atom. The number of aryl methyl sites for hydroxylation is 1. The Morgan fingerprint density at radius 1 is 1.20 bits per heavy atom. The van der Waals surface area contributed by atoms with Crippen LogP contribution in [0.15, 0.2) is 48.5 Å². The molecule has 6 heteroatoms. The fourth-order valence-corrected chi connectivity index (χ4v) is 5.42. The van der Waals surface area contributed by atoms with Gasteiger partial charge in [0.15, 0.2) is 0 Å². The van der Waals surface area contributed by atoms with Crippen LogP contribution < -0.4 is 16.0 Å². The van der Waals surface area contributed by atoms with Crippen molar-refractivity contribution < 1.29 is 14.6 Å². The summed E-state index contributed by atoms with van der Waals surface area (Å²) in [6, 6.07) is 15.3. The van der Waals surface area contributed by atoms with Gasteiger partial charge in [0, 0.05) is 21.9 Å². The van der Waals surface area contributed by atoms with Crippen molar-refractivity contribution in [2.75, 3.05) is 0 Å². The number of nitrogens with two attached hydrogens (primary N) is 1. The average molecular weight is 423 g/mol. The van der Waals surface area contributed by atoms with Crippen molar-refractivity contribution in [1.82, 2.24) is 5.43 Å². The van der Waals surface area contributed by atoms with Crippen LogP contribution >= 0.6 is 11.3 Å². The molecule has 0 radical (unpaired) electrons. The molecular weight excluding hydrogens is 396 g/mol. The second-order valence-corrected chi connectivity index (χ2v) is 9.57. The van der Waals surface area contributed by atoms with Gasteiger partial charge in [-0.05, 0) is 60.1 Å². The normalized spacial score (nSPS) is 14.9. The first-order valence-corrected chi connectivity index (χ1v) is 10.9. The Kier molecular flexibility index (Phi) is 5.64. The number of para-hydroxylation sites is 1. The predicted molar refractivity (Wildman–Crippen MR) is 120 cm³/mol. The summed E-state index contributed by atoms with van der Waals surface area (Å²) in [5.41, 5.74) is 6.02. The van der Waals surface area contributed by atoms with Crippen LogP contribution in [0.1, 0.15) is 46.6 Å². The minimum absolute atomic E-state index is 0.107. The minimum Gasteiger partial charge on any atom is -0.478 e. The Hall–Kier alpha value is -2.67. The van der Waals surface area contributed by atoms with Crippen molar-refractivity contribution >= 4 is 17.3 Å². The topological polar surface area (TPSA) is 84.6 Å². The largest absolute Gasteiger partial charge is 0.478 e. The molecule has 4 N–H and O–H groups in total. The quantitative estimate of drug-likeness (QED) is 0.367. The number of carboxylic acid groups (broad SMARTS) is 1. The molecule has 0 unspecified atom stereocenters. The van der Waals surface area contributed by atoms with Crippen LogP contribution in [0.4, 0.5) is 0 Å². The number of benzene rings is 2. The van der Waals surface area contributed by atoms with Crippen LogP contribution in [0, 0.1) is 5.41 Å². The molecule has 0 fully saturated rings. The van der Waals surface area contributed by atoms with Gasteiger partial charge in [-0.1, -0.05) is 38.1 Å². The van der Waals surface area contributed by atoms with Gasteiger partial charge in [0.1, 0.15) is 11.5 Å². The Labute approximate surface area is 180 Å². The lowest BCUT2D eigenvalue weighted by Gasteiger charge is -2.29. The maximum absolute atomic E-state index is 12.3. The highest BCUT2D eigenvalue weighted by Gasteiger charge is 2.33. The summed E-state index contributed by atoms with van der Waals surface area (Å²) < 4.78 is 6.01. The van der Waals surface area contributed by atoms with Gasteiger partial charge in [0.05, 0.1) is 5.56 Å². The van der Waals surface area contributed by atoms with E-state index in [-0.39, 0.29) is 5.41 Å². The molecule has 1 aromatic heterocycles. The highest BCUT2D eigenvalue weighted by molar-refractivity contribution is 7.16. The summed E-state index contributed by atoms with van der Waals surface area (Å²) in [7, 11) is 0. The van der Waals surface area contributed by atoms with Crippen LogP contribution in [-0.2, 0) is 19.4 Å². The zero-order valence-electron chi connectivity index (χ0n) is 17.2. The molecule has 0 amide bonds. The maximum Gasteiger partial charge on any atom is 0.337 e. The fourth-order valence-electron chi connectivity index (χ4n) is 4.06. The monoisotopic (exact) mass is 422 g/mol. The van der Waals surface area contributed by atoms with Gasteiger partial charge in [-0.15, -0.1) is 11.3 Å². The van der Waals surface area contributed by atoms with Crippen molar-refractivity contribution in [1.29, 1.82) is 0 Å². The molecule has 2 aromatic carbocycles. The third-order valence-electron chi connectivity index (χ3n) is 5.59. The molecule has 4 rings (SSSR count). The van der Waals surface area contributed by atoms with Crippen molar-refractivity contribution in [2.45, 2.75) is 39.7 Å². The number of nitrogens with one attached hydrogen (secondary N) is 1. The molecule has 0 saturated heterocycles. The average Bonchev–Trinajstić information content (AvgIpc) is 3.07. The maximum atomic E-state index is 12.3. The predicted octanol–water partition coefficient (Wildman–Crippen LogP) is 5.38. The highest BCUT2D eigenvalue weighted by Crippen LogP contribution is 2.46. The van der Waals surface area contributed by atoms with Gasteiger partial charge in [0.2, 0.25) is 0 Å². The first kappa shape index (κ1) is 20.6. The second-order valence-electron chi connectivity index (χ2n) is 8.47. The van der Waals surface area contributed by atoms with E-state index in [1.165, 1.54) is 4.88 Å². The van der Waals surface area contributed by atoms with Crippen molar-refractivity contribution in [3.63, 3.8) is 0 Å². The number of aromatic carboxylic acids is 1. The van der Waals surface area contributed by atoms with Gasteiger partial charge in [-0.25, -0.2) is 4.79 Å². The van der Waals surface area contributed by atoms with Gasteiger partial charge >= 0.3 is 5.97 Å². The highest BCUT2D eigenvalue weighted by atomic mass is 32.1. The number of rotatable bonds is 6. The number of carboxylic acids is 1. The van der Waals surface area contributed by atoms with E-state index in [0.717, 1.165) is 46.6 Å². The third kappa shape index (κ3) is 4.12. The van der Waals surface area contributed by atoms with Gasteiger partial charge in [-0.2, -0.15) is 0 Å². The molecule has 0 aliphatic heterocycles. The molecule has 0 saturated carbocycles. The molecule has 30 heavy (non-hydrogen) atoms. The Bertz CT molecular complexity index is 1070. The van der Waals surface area contributed by atoms with E-state index < -0.39 is 5.97 Å². The summed E-state index contributed by atoms with van der Waals surface area (Å²) in [4.78, 5) is 14.3. The van der Waals surface area contributed by atoms with Gasteiger partial charge in [0.25, 0.3) is 0 Å². The van der Waals surface area contributed by atoms with E-state index in [1.54, 1.807) is 11.3 Å². The number of carbonyl (C=O) groups is 1. The molecule has 5 nitrogen and oxygen atoms in total. The lowest BCUT2D eigenvalue weighted by molar-refractivity contribution is 0.0696. The lowest BCUT2D eigenvalue weighted by atomic mass is 9.76. The minimum atomic E-state index is -0.874. The molecule has 156 valence electrons. The van der Waals surface area contributed by atoms with E-state index in [0.29, 0.717) is 17.9 Å². The van der Waals surface area contributed by atoms with E-state index in [9.17, 15) is 9.90 Å². The standard InChI is InChI=1S/C24H26N2O3S/c1-24(2)11-10-20-19(13-24)21(23(27)28)22(30-20)18-12-17(9-8-15(18)14-26-25)29-16-6-4-3-5-7-16/h3-9,12,26H,10-11,13-14,25H2,1-2H3,(H,27,28). The molecule has 1 aliphatic rings. The molecule has 0 bridgehead atoms. The zero-order valence-corrected chi connectivity index (χ0v) is 18.0. The van der Waals surface area contributed by atoms with Gasteiger partial charge < -0.3 is 9.84 Å². The number of ether oxygens (including phenoxy) is 1. The van der Waals surface area contributed by atoms with Crippen molar-refractivity contribution in [2.24, 2.45) is 11.3 Å². The molecule has 0 spiro atoms. The number of hydrogen-bond donors (Lipinski definition) is 3. The van der Waals surface area contributed by atoms with E-state index in [4.69, 9.17) is 10.6 Å². The number of thiophene rings is 1. The van der Waals surface area contributed by atoms with Crippen molar-refractivity contribution in [3.8, 4) is 21.9 Å². The second kappa shape index (κ2) is 8.22. The molecular formula is C24H26N2O3S. The number of hydrazine groups is 1. The summed E-state index contributed by atoms with van der Waals surface area (Å²) in [6.07, 6.45) is 2.76. The van der Waals surface area contributed by atoms with E-state index in [2.05, 4.69) is 19.3 Å². The molecule has 1 heterocycles. The lowest BCUT2D eigenvalue weighted by Crippen LogP contribution is -2.22. The number of hydrogen-bond acceptors (Lipinski definition) is 5. The van der Waals surface area contributed by atoms with Crippen LogP contribution in [-0.4, -0.2) is 11.1 Å². The molecule has 0 atom stereocenters.